The Bertz CT molecular complexity index is 643. The second-order valence-electron chi connectivity index (χ2n) is 5.41. The van der Waals surface area contributed by atoms with Crippen LogP contribution in [0.25, 0.3) is 0 Å². The van der Waals surface area contributed by atoms with Gasteiger partial charge >= 0.3 is 5.97 Å². The monoisotopic (exact) mass is 333 g/mol. The van der Waals surface area contributed by atoms with Gasteiger partial charge in [0, 0.05) is 17.1 Å². The van der Waals surface area contributed by atoms with Gasteiger partial charge in [-0.15, -0.1) is 0 Å². The van der Waals surface area contributed by atoms with Gasteiger partial charge in [0.15, 0.2) is 0 Å². The number of halogens is 1. The van der Waals surface area contributed by atoms with Gasteiger partial charge in [0.2, 0.25) is 0 Å². The fourth-order valence-electron chi connectivity index (χ4n) is 2.16. The summed E-state index contributed by atoms with van der Waals surface area (Å²) in [6.07, 6.45) is 0.800. The summed E-state index contributed by atoms with van der Waals surface area (Å²) in [6, 6.07) is 15.4. The summed E-state index contributed by atoms with van der Waals surface area (Å²) < 4.78 is 5.73. The molecule has 0 fully saturated rings. The van der Waals surface area contributed by atoms with Crippen LogP contribution in [0.4, 0.5) is 0 Å². The van der Waals surface area contributed by atoms with Crippen LogP contribution in [-0.4, -0.2) is 36.1 Å². The van der Waals surface area contributed by atoms with E-state index in [0.29, 0.717) is 18.2 Å². The Labute approximate surface area is 141 Å². The van der Waals surface area contributed by atoms with Crippen molar-refractivity contribution in [1.29, 1.82) is 0 Å². The van der Waals surface area contributed by atoms with Crippen LogP contribution in [-0.2, 0) is 17.8 Å². The molecule has 0 aliphatic rings. The Hall–Kier alpha value is -2.04. The lowest BCUT2D eigenvalue weighted by Gasteiger charge is -2.14. The van der Waals surface area contributed by atoms with Gasteiger partial charge in [0.05, 0.1) is 6.54 Å². The van der Waals surface area contributed by atoms with Gasteiger partial charge in [-0.1, -0.05) is 41.9 Å². The summed E-state index contributed by atoms with van der Waals surface area (Å²) in [5, 5.41) is 9.42. The van der Waals surface area contributed by atoms with Crippen LogP contribution in [0, 0.1) is 0 Å². The maximum Gasteiger partial charge on any atom is 0.317 e. The predicted molar refractivity (Wildman–Crippen MR) is 91.1 cm³/mol. The van der Waals surface area contributed by atoms with E-state index >= 15 is 0 Å². The molecule has 0 bridgehead atoms. The van der Waals surface area contributed by atoms with Crippen molar-refractivity contribution < 1.29 is 14.6 Å². The molecule has 0 radical (unpaired) electrons. The molecule has 0 aliphatic carbocycles. The highest BCUT2D eigenvalue weighted by molar-refractivity contribution is 6.31. The van der Waals surface area contributed by atoms with E-state index in [1.165, 1.54) is 0 Å². The highest BCUT2D eigenvalue weighted by Crippen LogP contribution is 2.19. The number of hydrogen-bond acceptors (Lipinski definition) is 3. The van der Waals surface area contributed by atoms with Crippen LogP contribution in [0.2, 0.25) is 5.02 Å². The quantitative estimate of drug-likeness (QED) is 0.803. The normalized spacial score (nSPS) is 10.7. The minimum absolute atomic E-state index is 0.0546. The minimum Gasteiger partial charge on any atom is -0.489 e. The zero-order valence-corrected chi connectivity index (χ0v) is 13.8. The van der Waals surface area contributed by atoms with E-state index in [1.807, 2.05) is 48.5 Å². The largest absolute Gasteiger partial charge is 0.489 e. The fourth-order valence-corrected chi connectivity index (χ4v) is 2.35. The maximum absolute atomic E-state index is 10.6. The number of carboxylic acids is 1. The molecule has 0 unspecified atom stereocenters. The van der Waals surface area contributed by atoms with Crippen LogP contribution in [0.15, 0.2) is 48.5 Å². The van der Waals surface area contributed by atoms with Gasteiger partial charge in [-0.3, -0.25) is 9.69 Å². The molecule has 0 saturated carbocycles. The molecule has 0 aliphatic heterocycles. The lowest BCUT2D eigenvalue weighted by atomic mass is 10.1. The van der Waals surface area contributed by atoms with Gasteiger partial charge in [-0.2, -0.15) is 0 Å². The van der Waals surface area contributed by atoms with Crippen molar-refractivity contribution in [3.05, 3.63) is 64.7 Å². The smallest absolute Gasteiger partial charge is 0.317 e. The lowest BCUT2D eigenvalue weighted by molar-refractivity contribution is -0.137. The van der Waals surface area contributed by atoms with E-state index in [4.69, 9.17) is 21.4 Å². The molecule has 2 rings (SSSR count). The number of likely N-dealkylation sites (N-methyl/N-ethyl adjacent to an activating group) is 1. The molecule has 4 nitrogen and oxygen atoms in total. The SMILES string of the molecule is CN(CCc1ccc(OCc2ccccc2Cl)cc1)CC(=O)O. The predicted octanol–water partition coefficient (Wildman–Crippen LogP) is 3.48. The Kier molecular flexibility index (Phi) is 6.44. The van der Waals surface area contributed by atoms with Crippen molar-refractivity contribution in [2.75, 3.05) is 20.1 Å². The van der Waals surface area contributed by atoms with E-state index < -0.39 is 5.97 Å². The van der Waals surface area contributed by atoms with Gasteiger partial charge < -0.3 is 9.84 Å². The van der Waals surface area contributed by atoms with E-state index in [-0.39, 0.29) is 6.54 Å². The topological polar surface area (TPSA) is 49.8 Å². The van der Waals surface area contributed by atoms with E-state index in [1.54, 1.807) is 11.9 Å². The molecule has 122 valence electrons. The molecule has 0 spiro atoms. The van der Waals surface area contributed by atoms with Crippen LogP contribution < -0.4 is 4.74 Å². The molecule has 0 atom stereocenters. The molecular formula is C18H20ClNO3. The first-order chi connectivity index (χ1) is 11.0. The Morgan fingerprint density at radius 1 is 1.17 bits per heavy atom. The average molecular weight is 334 g/mol. The van der Waals surface area contributed by atoms with Crippen molar-refractivity contribution in [2.45, 2.75) is 13.0 Å². The van der Waals surface area contributed by atoms with Crippen LogP contribution >= 0.6 is 11.6 Å². The number of carboxylic acid groups (broad SMARTS) is 1. The first-order valence-corrected chi connectivity index (χ1v) is 7.78. The summed E-state index contributed by atoms with van der Waals surface area (Å²) in [5.74, 6) is -0.0246. The molecule has 5 heteroatoms. The number of benzene rings is 2. The highest BCUT2D eigenvalue weighted by atomic mass is 35.5. The molecule has 2 aromatic rings. The molecule has 0 heterocycles. The van der Waals surface area contributed by atoms with Gasteiger partial charge in [0.1, 0.15) is 12.4 Å². The standard InChI is InChI=1S/C18H20ClNO3/c1-20(12-18(21)22)11-10-14-6-8-16(9-7-14)23-13-15-4-2-3-5-17(15)19/h2-9H,10-13H2,1H3,(H,21,22). The van der Waals surface area contributed by atoms with Gasteiger partial charge in [-0.25, -0.2) is 0 Å². The second kappa shape index (κ2) is 8.56. The van der Waals surface area contributed by atoms with Gasteiger partial charge in [0.25, 0.3) is 0 Å². The van der Waals surface area contributed by atoms with Crippen molar-refractivity contribution in [3.63, 3.8) is 0 Å². The summed E-state index contributed by atoms with van der Waals surface area (Å²) in [6.45, 7) is 1.19. The van der Waals surface area contributed by atoms with Gasteiger partial charge in [-0.05, 0) is 37.2 Å². The third kappa shape index (κ3) is 5.93. The number of nitrogens with zero attached hydrogens (tertiary/aromatic N) is 1. The lowest BCUT2D eigenvalue weighted by Crippen LogP contribution is -2.27. The first-order valence-electron chi connectivity index (χ1n) is 7.40. The third-order valence-corrected chi connectivity index (χ3v) is 3.83. The van der Waals surface area contributed by atoms with Crippen molar-refractivity contribution >= 4 is 17.6 Å². The third-order valence-electron chi connectivity index (χ3n) is 3.46. The fraction of sp³-hybridized carbons (Fsp3) is 0.278. The Balaban J connectivity index is 1.82. The molecule has 0 saturated heterocycles. The maximum atomic E-state index is 10.6. The average Bonchev–Trinajstić information content (AvgIpc) is 2.52. The number of carbonyl (C=O) groups is 1. The van der Waals surface area contributed by atoms with E-state index in [9.17, 15) is 4.79 Å². The summed E-state index contributed by atoms with van der Waals surface area (Å²) >= 11 is 6.10. The van der Waals surface area contributed by atoms with Crippen molar-refractivity contribution in [1.82, 2.24) is 4.90 Å². The number of ether oxygens (including phenoxy) is 1. The number of rotatable bonds is 8. The molecule has 2 aromatic carbocycles. The summed E-state index contributed by atoms with van der Waals surface area (Å²) in [4.78, 5) is 12.4. The van der Waals surface area contributed by atoms with E-state index in [2.05, 4.69) is 0 Å². The van der Waals surface area contributed by atoms with Crippen LogP contribution in [0.1, 0.15) is 11.1 Å². The Morgan fingerprint density at radius 2 is 1.87 bits per heavy atom. The van der Waals surface area contributed by atoms with Crippen molar-refractivity contribution in [3.8, 4) is 5.75 Å². The minimum atomic E-state index is -0.809. The number of hydrogen-bond donors (Lipinski definition) is 1. The molecule has 23 heavy (non-hydrogen) atoms. The van der Waals surface area contributed by atoms with Crippen LogP contribution in [0.3, 0.4) is 0 Å². The second-order valence-corrected chi connectivity index (χ2v) is 5.81. The zero-order chi connectivity index (χ0) is 16.7. The van der Waals surface area contributed by atoms with Crippen LogP contribution in [0.5, 0.6) is 5.75 Å². The molecule has 0 amide bonds. The Morgan fingerprint density at radius 3 is 2.52 bits per heavy atom. The summed E-state index contributed by atoms with van der Waals surface area (Å²) in [7, 11) is 1.80. The molecule has 0 aromatic heterocycles. The molecular weight excluding hydrogens is 314 g/mol. The summed E-state index contributed by atoms with van der Waals surface area (Å²) in [5.41, 5.74) is 2.10. The zero-order valence-electron chi connectivity index (χ0n) is 13.0. The van der Waals surface area contributed by atoms with E-state index in [0.717, 1.165) is 23.3 Å². The highest BCUT2D eigenvalue weighted by Gasteiger charge is 2.05. The first kappa shape index (κ1) is 17.3. The van der Waals surface area contributed by atoms with Crippen molar-refractivity contribution in [2.24, 2.45) is 0 Å². The number of aliphatic carboxylic acids is 1. The molecule has 1 N–H and O–H groups in total.